The Balaban J connectivity index is 1.64. The lowest BCUT2D eigenvalue weighted by atomic mass is 10.2. The summed E-state index contributed by atoms with van der Waals surface area (Å²) in [6.45, 7) is 1.76. The van der Waals surface area contributed by atoms with E-state index in [1.54, 1.807) is 31.5 Å². The van der Waals surface area contributed by atoms with Crippen molar-refractivity contribution in [3.8, 4) is 5.75 Å². The van der Waals surface area contributed by atoms with Gasteiger partial charge in [-0.05, 0) is 30.2 Å². The third-order valence-corrected chi connectivity index (χ3v) is 5.91. The van der Waals surface area contributed by atoms with Crippen molar-refractivity contribution in [2.45, 2.75) is 24.8 Å². The fourth-order valence-corrected chi connectivity index (χ4v) is 4.19. The fourth-order valence-electron chi connectivity index (χ4n) is 2.68. The molecule has 0 aliphatic carbocycles. The minimum absolute atomic E-state index is 0.0949. The minimum Gasteiger partial charge on any atom is -0.482 e. The average molecular weight is 389 g/mol. The standard InChI is InChI=1S/C18H19N3O5S/c1-12-7-14-15(26-11-18(23)21-14)8-16(12)27(24,25)6-4-17(22)20-10-13-3-2-5-19-9-13/h2-3,5,7-9H,4,6,10-11H2,1H3,(H,20,22)(H,21,23). The number of hydrogen-bond donors (Lipinski definition) is 2. The molecular weight excluding hydrogens is 370 g/mol. The van der Waals surface area contributed by atoms with Gasteiger partial charge < -0.3 is 15.4 Å². The normalized spacial score (nSPS) is 13.3. The van der Waals surface area contributed by atoms with Crippen molar-refractivity contribution < 1.29 is 22.7 Å². The number of anilines is 1. The topological polar surface area (TPSA) is 114 Å². The number of aromatic nitrogens is 1. The summed E-state index contributed by atoms with van der Waals surface area (Å²) in [5.74, 6) is -0.665. The smallest absolute Gasteiger partial charge is 0.262 e. The Morgan fingerprint density at radius 2 is 2.19 bits per heavy atom. The number of benzene rings is 1. The van der Waals surface area contributed by atoms with Crippen LogP contribution in [0.25, 0.3) is 0 Å². The van der Waals surface area contributed by atoms with Gasteiger partial charge in [-0.15, -0.1) is 0 Å². The van der Waals surface area contributed by atoms with Gasteiger partial charge >= 0.3 is 0 Å². The maximum Gasteiger partial charge on any atom is 0.262 e. The Morgan fingerprint density at radius 3 is 2.93 bits per heavy atom. The van der Waals surface area contributed by atoms with Crippen molar-refractivity contribution >= 4 is 27.3 Å². The van der Waals surface area contributed by atoms with Crippen LogP contribution in [0.3, 0.4) is 0 Å². The van der Waals surface area contributed by atoms with Gasteiger partial charge in [0.15, 0.2) is 16.4 Å². The number of fused-ring (bicyclic) bond motifs is 1. The molecule has 8 nitrogen and oxygen atoms in total. The number of ether oxygens (including phenoxy) is 1. The third kappa shape index (κ3) is 4.62. The molecule has 0 saturated carbocycles. The van der Waals surface area contributed by atoms with E-state index in [0.29, 0.717) is 17.0 Å². The molecule has 0 saturated heterocycles. The largest absolute Gasteiger partial charge is 0.482 e. The number of rotatable bonds is 6. The molecule has 1 aromatic carbocycles. The Hall–Kier alpha value is -2.94. The van der Waals surface area contributed by atoms with Crippen LogP contribution in [0.4, 0.5) is 5.69 Å². The number of sulfone groups is 1. The van der Waals surface area contributed by atoms with Crippen molar-refractivity contribution in [1.29, 1.82) is 0 Å². The van der Waals surface area contributed by atoms with E-state index in [1.165, 1.54) is 6.07 Å². The lowest BCUT2D eigenvalue weighted by Gasteiger charge is -2.20. The monoisotopic (exact) mass is 389 g/mol. The highest BCUT2D eigenvalue weighted by molar-refractivity contribution is 7.91. The van der Waals surface area contributed by atoms with Gasteiger partial charge in [0.1, 0.15) is 5.75 Å². The van der Waals surface area contributed by atoms with Crippen LogP contribution >= 0.6 is 0 Å². The van der Waals surface area contributed by atoms with Gasteiger partial charge in [0.25, 0.3) is 5.91 Å². The van der Waals surface area contributed by atoms with Crippen LogP contribution in [-0.4, -0.2) is 37.6 Å². The van der Waals surface area contributed by atoms with Crippen LogP contribution < -0.4 is 15.4 Å². The second-order valence-electron chi connectivity index (χ2n) is 6.16. The maximum atomic E-state index is 12.6. The van der Waals surface area contributed by atoms with Gasteiger partial charge in [-0.1, -0.05) is 6.07 Å². The highest BCUT2D eigenvalue weighted by Crippen LogP contribution is 2.33. The Morgan fingerprint density at radius 1 is 1.37 bits per heavy atom. The first-order chi connectivity index (χ1) is 12.8. The first kappa shape index (κ1) is 18.8. The molecule has 3 rings (SSSR count). The van der Waals surface area contributed by atoms with E-state index < -0.39 is 9.84 Å². The number of aryl methyl sites for hydroxylation is 1. The molecular formula is C18H19N3O5S. The number of pyridine rings is 1. The molecule has 1 aromatic heterocycles. The molecule has 0 radical (unpaired) electrons. The summed E-state index contributed by atoms with van der Waals surface area (Å²) in [6.07, 6.45) is 3.11. The highest BCUT2D eigenvalue weighted by Gasteiger charge is 2.24. The van der Waals surface area contributed by atoms with Crippen molar-refractivity contribution in [2.24, 2.45) is 0 Å². The van der Waals surface area contributed by atoms with E-state index in [-0.39, 0.29) is 42.0 Å². The minimum atomic E-state index is -3.68. The van der Waals surface area contributed by atoms with E-state index in [0.717, 1.165) is 5.56 Å². The molecule has 27 heavy (non-hydrogen) atoms. The molecule has 9 heteroatoms. The molecule has 2 N–H and O–H groups in total. The van der Waals surface area contributed by atoms with Crippen molar-refractivity contribution in [1.82, 2.24) is 10.3 Å². The summed E-state index contributed by atoms with van der Waals surface area (Å²) < 4.78 is 30.6. The number of carbonyl (C=O) groups is 2. The second-order valence-corrected chi connectivity index (χ2v) is 8.24. The van der Waals surface area contributed by atoms with Crippen LogP contribution in [-0.2, 0) is 26.0 Å². The lowest BCUT2D eigenvalue weighted by molar-refractivity contribution is -0.121. The average Bonchev–Trinajstić information content (AvgIpc) is 2.65. The number of hydrogen-bond acceptors (Lipinski definition) is 6. The summed E-state index contributed by atoms with van der Waals surface area (Å²) in [5, 5.41) is 5.31. The SMILES string of the molecule is Cc1cc2c(cc1S(=O)(=O)CCC(=O)NCc1cccnc1)OCC(=O)N2. The number of amides is 2. The van der Waals surface area contributed by atoms with Crippen LogP contribution in [0.1, 0.15) is 17.5 Å². The van der Waals surface area contributed by atoms with Crippen molar-refractivity contribution in [3.63, 3.8) is 0 Å². The molecule has 142 valence electrons. The maximum absolute atomic E-state index is 12.6. The van der Waals surface area contributed by atoms with Crippen LogP contribution in [0.15, 0.2) is 41.6 Å². The second kappa shape index (κ2) is 7.75. The van der Waals surface area contributed by atoms with Crippen molar-refractivity contribution in [3.05, 3.63) is 47.8 Å². The van der Waals surface area contributed by atoms with Crippen molar-refractivity contribution in [2.75, 3.05) is 17.7 Å². The molecule has 0 atom stereocenters. The van der Waals surface area contributed by atoms with Gasteiger partial charge in [-0.3, -0.25) is 14.6 Å². The van der Waals surface area contributed by atoms with Gasteiger partial charge in [-0.25, -0.2) is 8.42 Å². The number of nitrogens with zero attached hydrogens (tertiary/aromatic N) is 1. The number of nitrogens with one attached hydrogen (secondary N) is 2. The quantitative estimate of drug-likeness (QED) is 0.767. The molecule has 0 fully saturated rings. The van der Waals surface area contributed by atoms with Gasteiger partial charge in [0.05, 0.1) is 16.3 Å². The predicted molar refractivity (Wildman–Crippen MR) is 98.1 cm³/mol. The van der Waals surface area contributed by atoms with Gasteiger partial charge in [-0.2, -0.15) is 0 Å². The van der Waals surface area contributed by atoms with E-state index >= 15 is 0 Å². The third-order valence-electron chi connectivity index (χ3n) is 4.06. The Bertz CT molecular complexity index is 974. The van der Waals surface area contributed by atoms with E-state index in [1.807, 2.05) is 6.07 Å². The molecule has 2 aromatic rings. The molecule has 0 unspecified atom stereocenters. The highest BCUT2D eigenvalue weighted by atomic mass is 32.2. The Kier molecular flexibility index (Phi) is 5.41. The zero-order chi connectivity index (χ0) is 19.4. The van der Waals surface area contributed by atoms with Crippen LogP contribution in [0.2, 0.25) is 0 Å². The number of carbonyl (C=O) groups excluding carboxylic acids is 2. The fraction of sp³-hybridized carbons (Fsp3) is 0.278. The van der Waals surface area contributed by atoms with Crippen LogP contribution in [0.5, 0.6) is 5.75 Å². The summed E-state index contributed by atoms with van der Waals surface area (Å²) in [7, 11) is -3.68. The molecule has 2 amide bonds. The summed E-state index contributed by atoms with van der Waals surface area (Å²) in [6, 6.07) is 6.53. The first-order valence-electron chi connectivity index (χ1n) is 8.31. The summed E-state index contributed by atoms with van der Waals surface area (Å²) >= 11 is 0. The molecule has 0 spiro atoms. The molecule has 0 bridgehead atoms. The molecule has 2 heterocycles. The van der Waals surface area contributed by atoms with E-state index in [4.69, 9.17) is 4.74 Å². The first-order valence-corrected chi connectivity index (χ1v) is 9.96. The zero-order valence-corrected chi connectivity index (χ0v) is 15.5. The van der Waals surface area contributed by atoms with Crippen LogP contribution in [0, 0.1) is 6.92 Å². The lowest BCUT2D eigenvalue weighted by Crippen LogP contribution is -2.26. The Labute approximate surface area is 156 Å². The van der Waals surface area contributed by atoms with E-state index in [9.17, 15) is 18.0 Å². The van der Waals surface area contributed by atoms with Gasteiger partial charge in [0, 0.05) is 31.4 Å². The predicted octanol–water partition coefficient (Wildman–Crippen LogP) is 1.20. The molecule has 1 aliphatic rings. The van der Waals surface area contributed by atoms with E-state index in [2.05, 4.69) is 15.6 Å². The summed E-state index contributed by atoms with van der Waals surface area (Å²) in [5.41, 5.74) is 1.76. The zero-order valence-electron chi connectivity index (χ0n) is 14.7. The summed E-state index contributed by atoms with van der Waals surface area (Å²) in [4.78, 5) is 27.4. The van der Waals surface area contributed by atoms with Gasteiger partial charge in [0.2, 0.25) is 5.91 Å². The molecule has 1 aliphatic heterocycles.